The average Bonchev–Trinajstić information content (AvgIpc) is 2.93. The number of amides is 1. The molecule has 2 heterocycles. The minimum Gasteiger partial charge on any atom is -0.487 e. The highest BCUT2D eigenvalue weighted by atomic mass is 16.5. The summed E-state index contributed by atoms with van der Waals surface area (Å²) in [4.78, 5) is 12.2. The lowest BCUT2D eigenvalue weighted by Crippen LogP contribution is -2.41. The minimum atomic E-state index is -0.370. The second-order valence-electron chi connectivity index (χ2n) is 5.77. The normalized spacial score (nSPS) is 19.4. The van der Waals surface area contributed by atoms with Crippen molar-refractivity contribution in [3.8, 4) is 5.75 Å². The maximum Gasteiger partial charge on any atom is 0.273 e. The van der Waals surface area contributed by atoms with Crippen molar-refractivity contribution in [3.05, 3.63) is 41.8 Å². The molecule has 0 unspecified atom stereocenters. The molecule has 0 spiro atoms. The molecule has 6 nitrogen and oxygen atoms in total. The zero-order valence-corrected chi connectivity index (χ0v) is 11.9. The van der Waals surface area contributed by atoms with Crippen LogP contribution in [0.3, 0.4) is 0 Å². The van der Waals surface area contributed by atoms with Crippen molar-refractivity contribution >= 4 is 11.6 Å². The number of fused-ring (bicyclic) bond motifs is 1. The molecule has 1 aliphatic heterocycles. The van der Waals surface area contributed by atoms with Gasteiger partial charge in [-0.3, -0.25) is 4.79 Å². The Balaban J connectivity index is 1.91. The smallest absolute Gasteiger partial charge is 0.273 e. The standard InChI is InChI=1S/C15H17N3O3/c1-15(2)8-12(17-14(19)11-5-6-20-18-11)10-7-9(16)3-4-13(10)21-15/h3-7,12H,8,16H2,1-2H3,(H,17,19)/t12-/m1/s1. The van der Waals surface area contributed by atoms with Gasteiger partial charge in [-0.25, -0.2) is 0 Å². The van der Waals surface area contributed by atoms with Crippen LogP contribution < -0.4 is 15.8 Å². The summed E-state index contributed by atoms with van der Waals surface area (Å²) in [6.07, 6.45) is 2.02. The van der Waals surface area contributed by atoms with Crippen molar-refractivity contribution in [1.29, 1.82) is 0 Å². The second-order valence-corrected chi connectivity index (χ2v) is 5.77. The van der Waals surface area contributed by atoms with E-state index in [0.29, 0.717) is 12.1 Å². The predicted octanol–water partition coefficient (Wildman–Crippen LogP) is 2.29. The largest absolute Gasteiger partial charge is 0.487 e. The van der Waals surface area contributed by atoms with Gasteiger partial charge < -0.3 is 20.3 Å². The number of hydrogen-bond donors (Lipinski definition) is 2. The number of nitrogen functional groups attached to an aromatic ring is 1. The van der Waals surface area contributed by atoms with Crippen molar-refractivity contribution in [2.75, 3.05) is 5.73 Å². The summed E-state index contributed by atoms with van der Waals surface area (Å²) in [5.41, 5.74) is 7.24. The van der Waals surface area contributed by atoms with E-state index in [4.69, 9.17) is 15.0 Å². The number of rotatable bonds is 2. The fourth-order valence-corrected chi connectivity index (χ4v) is 2.56. The van der Waals surface area contributed by atoms with Gasteiger partial charge in [-0.2, -0.15) is 0 Å². The van der Waals surface area contributed by atoms with Crippen molar-refractivity contribution in [2.45, 2.75) is 31.9 Å². The van der Waals surface area contributed by atoms with Gasteiger partial charge in [0.05, 0.1) is 6.04 Å². The van der Waals surface area contributed by atoms with Gasteiger partial charge in [-0.1, -0.05) is 5.16 Å². The number of aromatic nitrogens is 1. The lowest BCUT2D eigenvalue weighted by molar-refractivity contribution is 0.0617. The molecular weight excluding hydrogens is 270 g/mol. The van der Waals surface area contributed by atoms with E-state index in [1.807, 2.05) is 26.0 Å². The molecular formula is C15H17N3O3. The van der Waals surface area contributed by atoms with Gasteiger partial charge in [0.1, 0.15) is 17.6 Å². The lowest BCUT2D eigenvalue weighted by Gasteiger charge is -2.37. The summed E-state index contributed by atoms with van der Waals surface area (Å²) >= 11 is 0. The second kappa shape index (κ2) is 4.80. The van der Waals surface area contributed by atoms with E-state index in [1.165, 1.54) is 12.3 Å². The first-order valence-electron chi connectivity index (χ1n) is 6.74. The summed E-state index contributed by atoms with van der Waals surface area (Å²) in [5.74, 6) is 0.464. The highest BCUT2D eigenvalue weighted by Gasteiger charge is 2.35. The van der Waals surface area contributed by atoms with E-state index in [2.05, 4.69) is 10.5 Å². The van der Waals surface area contributed by atoms with Gasteiger partial charge in [-0.05, 0) is 32.0 Å². The Morgan fingerprint density at radius 2 is 2.24 bits per heavy atom. The van der Waals surface area contributed by atoms with Crippen LogP contribution in [0.5, 0.6) is 5.75 Å². The molecule has 1 amide bonds. The quantitative estimate of drug-likeness (QED) is 0.827. The zero-order chi connectivity index (χ0) is 15.0. The van der Waals surface area contributed by atoms with E-state index < -0.39 is 0 Å². The zero-order valence-electron chi connectivity index (χ0n) is 11.9. The summed E-state index contributed by atoms with van der Waals surface area (Å²) in [6, 6.07) is 6.80. The van der Waals surface area contributed by atoms with E-state index in [0.717, 1.165) is 11.3 Å². The highest BCUT2D eigenvalue weighted by molar-refractivity contribution is 5.92. The van der Waals surface area contributed by atoms with Crippen LogP contribution in [-0.4, -0.2) is 16.7 Å². The van der Waals surface area contributed by atoms with Crippen LogP contribution in [0.4, 0.5) is 5.69 Å². The molecule has 3 rings (SSSR count). The van der Waals surface area contributed by atoms with Crippen molar-refractivity contribution in [1.82, 2.24) is 10.5 Å². The van der Waals surface area contributed by atoms with Crippen LogP contribution in [0.2, 0.25) is 0 Å². The van der Waals surface area contributed by atoms with Gasteiger partial charge in [0.2, 0.25) is 0 Å². The Morgan fingerprint density at radius 1 is 1.43 bits per heavy atom. The minimum absolute atomic E-state index is 0.184. The average molecular weight is 287 g/mol. The highest BCUT2D eigenvalue weighted by Crippen LogP contribution is 2.40. The topological polar surface area (TPSA) is 90.4 Å². The molecule has 21 heavy (non-hydrogen) atoms. The first-order chi connectivity index (χ1) is 9.94. The van der Waals surface area contributed by atoms with Crippen LogP contribution in [0, 0.1) is 0 Å². The number of ether oxygens (including phenoxy) is 1. The third kappa shape index (κ3) is 2.69. The summed E-state index contributed by atoms with van der Waals surface area (Å²) in [5, 5.41) is 6.61. The summed E-state index contributed by atoms with van der Waals surface area (Å²) in [7, 11) is 0. The van der Waals surface area contributed by atoms with Crippen LogP contribution in [0.1, 0.15) is 42.4 Å². The molecule has 6 heteroatoms. The summed E-state index contributed by atoms with van der Waals surface area (Å²) < 4.78 is 10.6. The molecule has 1 aliphatic rings. The number of hydrogen-bond acceptors (Lipinski definition) is 5. The molecule has 2 aromatic rings. The Morgan fingerprint density at radius 3 is 2.95 bits per heavy atom. The Bertz CT molecular complexity index is 665. The van der Waals surface area contributed by atoms with Crippen molar-refractivity contribution < 1.29 is 14.1 Å². The molecule has 0 aliphatic carbocycles. The molecule has 0 saturated heterocycles. The number of benzene rings is 1. The maximum atomic E-state index is 12.2. The third-order valence-electron chi connectivity index (χ3n) is 3.47. The predicted molar refractivity (Wildman–Crippen MR) is 76.9 cm³/mol. The van der Waals surface area contributed by atoms with Crippen LogP contribution in [0.25, 0.3) is 0 Å². The number of anilines is 1. The Kier molecular flexibility index (Phi) is 3.08. The first-order valence-corrected chi connectivity index (χ1v) is 6.74. The third-order valence-corrected chi connectivity index (χ3v) is 3.47. The van der Waals surface area contributed by atoms with Crippen LogP contribution in [0.15, 0.2) is 35.1 Å². The lowest BCUT2D eigenvalue weighted by atomic mass is 9.89. The molecule has 1 aromatic carbocycles. The fraction of sp³-hybridized carbons (Fsp3) is 0.333. The van der Waals surface area contributed by atoms with Crippen molar-refractivity contribution in [2.24, 2.45) is 0 Å². The van der Waals surface area contributed by atoms with Gasteiger partial charge in [-0.15, -0.1) is 0 Å². The molecule has 110 valence electrons. The van der Waals surface area contributed by atoms with E-state index in [-0.39, 0.29) is 23.2 Å². The van der Waals surface area contributed by atoms with E-state index in [1.54, 1.807) is 6.07 Å². The Hall–Kier alpha value is -2.50. The van der Waals surface area contributed by atoms with E-state index in [9.17, 15) is 4.79 Å². The Labute approximate surface area is 122 Å². The molecule has 0 radical (unpaired) electrons. The van der Waals surface area contributed by atoms with Gasteiger partial charge in [0.25, 0.3) is 5.91 Å². The number of nitrogens with two attached hydrogens (primary N) is 1. The van der Waals surface area contributed by atoms with Gasteiger partial charge in [0.15, 0.2) is 5.69 Å². The summed E-state index contributed by atoms with van der Waals surface area (Å²) in [6.45, 7) is 3.98. The monoisotopic (exact) mass is 287 g/mol. The molecule has 0 saturated carbocycles. The molecule has 0 fully saturated rings. The molecule has 1 atom stereocenters. The first kappa shape index (κ1) is 13.5. The van der Waals surface area contributed by atoms with E-state index >= 15 is 0 Å². The number of nitrogens with one attached hydrogen (secondary N) is 1. The molecule has 0 bridgehead atoms. The molecule has 1 aromatic heterocycles. The van der Waals surface area contributed by atoms with Crippen LogP contribution >= 0.6 is 0 Å². The van der Waals surface area contributed by atoms with Crippen molar-refractivity contribution in [3.63, 3.8) is 0 Å². The maximum absolute atomic E-state index is 12.2. The SMILES string of the molecule is CC1(C)C[C@@H](NC(=O)c2ccon2)c2cc(N)ccc2O1. The number of carbonyl (C=O) groups is 1. The number of nitrogens with zero attached hydrogens (tertiary/aromatic N) is 1. The molecule has 3 N–H and O–H groups in total. The van der Waals surface area contributed by atoms with Gasteiger partial charge >= 0.3 is 0 Å². The fourth-order valence-electron chi connectivity index (χ4n) is 2.56. The number of carbonyl (C=O) groups excluding carboxylic acids is 1. The van der Waals surface area contributed by atoms with Gasteiger partial charge in [0, 0.05) is 23.7 Å². The van der Waals surface area contributed by atoms with Crippen LogP contribution in [-0.2, 0) is 0 Å².